The van der Waals surface area contributed by atoms with Crippen molar-refractivity contribution < 1.29 is 19.4 Å². The summed E-state index contributed by atoms with van der Waals surface area (Å²) in [4.78, 5) is 23.4. The van der Waals surface area contributed by atoms with Crippen molar-refractivity contribution in [1.82, 2.24) is 5.32 Å². The highest BCUT2D eigenvalue weighted by Crippen LogP contribution is 2.32. The van der Waals surface area contributed by atoms with E-state index in [9.17, 15) is 14.7 Å². The zero-order valence-electron chi connectivity index (χ0n) is 14.3. The minimum atomic E-state index is -0.925. The number of rotatable bonds is 8. The van der Waals surface area contributed by atoms with Crippen LogP contribution in [0.2, 0.25) is 0 Å². The molecule has 2 atom stereocenters. The van der Waals surface area contributed by atoms with Crippen LogP contribution in [0.5, 0.6) is 0 Å². The van der Waals surface area contributed by atoms with Gasteiger partial charge in [0.2, 0.25) is 0 Å². The molecule has 0 saturated carbocycles. The molecule has 0 heterocycles. The first-order valence-electron chi connectivity index (χ1n) is 7.76. The van der Waals surface area contributed by atoms with Crippen LogP contribution < -0.4 is 5.32 Å². The lowest BCUT2D eigenvalue weighted by Gasteiger charge is -2.31. The quantitative estimate of drug-likeness (QED) is 0.714. The maximum atomic E-state index is 11.7. The Morgan fingerprint density at radius 1 is 1.24 bits per heavy atom. The maximum Gasteiger partial charge on any atom is 0.407 e. The van der Waals surface area contributed by atoms with Crippen LogP contribution >= 0.6 is 0 Å². The van der Waals surface area contributed by atoms with Crippen LogP contribution in [-0.4, -0.2) is 29.3 Å². The van der Waals surface area contributed by atoms with Gasteiger partial charge in [0, 0.05) is 6.54 Å². The first-order chi connectivity index (χ1) is 9.56. The average Bonchev–Trinajstić information content (AvgIpc) is 2.32. The predicted octanol–water partition coefficient (Wildman–Crippen LogP) is 3.82. The molecule has 0 bridgehead atoms. The van der Waals surface area contributed by atoms with Gasteiger partial charge in [0.15, 0.2) is 0 Å². The number of carbonyl (C=O) groups excluding carboxylic acids is 1. The molecule has 0 fully saturated rings. The van der Waals surface area contributed by atoms with Gasteiger partial charge in [-0.25, -0.2) is 4.79 Å². The first kappa shape index (κ1) is 19.7. The van der Waals surface area contributed by atoms with Crippen LogP contribution in [0, 0.1) is 11.3 Å². The van der Waals surface area contributed by atoms with Crippen LogP contribution in [0.4, 0.5) is 4.79 Å². The minimum Gasteiger partial charge on any atom is -0.481 e. The summed E-state index contributed by atoms with van der Waals surface area (Å²) in [7, 11) is 0. The van der Waals surface area contributed by atoms with Crippen molar-refractivity contribution in [2.24, 2.45) is 11.3 Å². The summed E-state index contributed by atoms with van der Waals surface area (Å²) in [5.41, 5.74) is -1.51. The van der Waals surface area contributed by atoms with E-state index in [2.05, 4.69) is 19.2 Å². The first-order valence-corrected chi connectivity index (χ1v) is 7.76. The lowest BCUT2D eigenvalue weighted by atomic mass is 9.76. The summed E-state index contributed by atoms with van der Waals surface area (Å²) in [5, 5.41) is 12.2. The van der Waals surface area contributed by atoms with Gasteiger partial charge >= 0.3 is 12.1 Å². The van der Waals surface area contributed by atoms with Crippen LogP contribution in [0.3, 0.4) is 0 Å². The molecule has 2 unspecified atom stereocenters. The van der Waals surface area contributed by atoms with Gasteiger partial charge in [0.1, 0.15) is 5.60 Å². The molecule has 0 aromatic carbocycles. The molecule has 1 amide bonds. The van der Waals surface area contributed by atoms with Gasteiger partial charge in [-0.1, -0.05) is 33.6 Å². The van der Waals surface area contributed by atoms with Crippen molar-refractivity contribution >= 4 is 12.1 Å². The number of nitrogens with one attached hydrogen (secondary N) is 1. The van der Waals surface area contributed by atoms with Crippen LogP contribution in [0.25, 0.3) is 0 Å². The third-order valence-electron chi connectivity index (χ3n) is 3.62. The van der Waals surface area contributed by atoms with Gasteiger partial charge in [0.25, 0.3) is 0 Å². The number of aliphatic carboxylic acids is 1. The monoisotopic (exact) mass is 301 g/mol. The molecule has 0 rings (SSSR count). The van der Waals surface area contributed by atoms with Crippen molar-refractivity contribution in [2.45, 2.75) is 72.8 Å². The number of alkyl carbamates (subject to hydrolysis) is 1. The van der Waals surface area contributed by atoms with E-state index >= 15 is 0 Å². The number of carboxylic acids is 1. The van der Waals surface area contributed by atoms with E-state index < -0.39 is 23.1 Å². The number of ether oxygens (including phenoxy) is 1. The van der Waals surface area contributed by atoms with Crippen molar-refractivity contribution in [1.29, 1.82) is 0 Å². The third kappa shape index (κ3) is 7.34. The number of carbonyl (C=O) groups is 2. The van der Waals surface area contributed by atoms with Crippen LogP contribution in [-0.2, 0) is 9.53 Å². The zero-order valence-corrected chi connectivity index (χ0v) is 14.3. The largest absolute Gasteiger partial charge is 0.481 e. The second kappa shape index (κ2) is 8.25. The molecule has 5 heteroatoms. The predicted molar refractivity (Wildman–Crippen MR) is 83.3 cm³/mol. The highest BCUT2D eigenvalue weighted by atomic mass is 16.6. The Hall–Kier alpha value is -1.26. The summed E-state index contributed by atoms with van der Waals surface area (Å²) in [6.45, 7) is 11.4. The summed E-state index contributed by atoms with van der Waals surface area (Å²) >= 11 is 0. The van der Waals surface area contributed by atoms with E-state index in [1.165, 1.54) is 0 Å². The molecule has 21 heavy (non-hydrogen) atoms. The Balaban J connectivity index is 4.77. The SMILES string of the molecule is CCCC(C)CC(CC)(CNC(=O)OC(C)(C)C)C(=O)O. The normalized spacial score (nSPS) is 15.9. The minimum absolute atomic E-state index is 0.0990. The van der Waals surface area contributed by atoms with Gasteiger partial charge in [-0.2, -0.15) is 0 Å². The topological polar surface area (TPSA) is 75.6 Å². The molecule has 2 N–H and O–H groups in total. The highest BCUT2D eigenvalue weighted by molar-refractivity contribution is 5.76. The van der Waals surface area contributed by atoms with Gasteiger partial charge in [-0.15, -0.1) is 0 Å². The Bertz CT molecular complexity index is 349. The van der Waals surface area contributed by atoms with Crippen LogP contribution in [0.1, 0.15) is 67.2 Å². The summed E-state index contributed by atoms with van der Waals surface area (Å²) < 4.78 is 5.17. The molecular weight excluding hydrogens is 270 g/mol. The Morgan fingerprint density at radius 2 is 1.81 bits per heavy atom. The zero-order chi connectivity index (χ0) is 16.7. The van der Waals surface area contributed by atoms with E-state index in [1.54, 1.807) is 20.8 Å². The van der Waals surface area contributed by atoms with Crippen molar-refractivity contribution in [3.05, 3.63) is 0 Å². The van der Waals surface area contributed by atoms with E-state index in [0.29, 0.717) is 18.8 Å². The van der Waals surface area contributed by atoms with Gasteiger partial charge in [-0.3, -0.25) is 4.79 Å². The maximum absolute atomic E-state index is 11.7. The molecule has 0 aromatic heterocycles. The lowest BCUT2D eigenvalue weighted by Crippen LogP contribution is -2.45. The molecule has 0 aliphatic rings. The Labute approximate surface area is 128 Å². The summed E-state index contributed by atoms with van der Waals surface area (Å²) in [6.07, 6.45) is 2.49. The molecule has 124 valence electrons. The summed E-state index contributed by atoms with van der Waals surface area (Å²) in [6, 6.07) is 0. The second-order valence-electron chi connectivity index (χ2n) is 6.89. The van der Waals surface area contributed by atoms with Crippen molar-refractivity contribution in [2.75, 3.05) is 6.54 Å². The Kier molecular flexibility index (Phi) is 7.75. The molecule has 0 radical (unpaired) electrons. The van der Waals surface area contributed by atoms with E-state index in [-0.39, 0.29) is 6.54 Å². The van der Waals surface area contributed by atoms with Crippen molar-refractivity contribution in [3.8, 4) is 0 Å². The fraction of sp³-hybridized carbons (Fsp3) is 0.875. The van der Waals surface area contributed by atoms with Crippen molar-refractivity contribution in [3.63, 3.8) is 0 Å². The smallest absolute Gasteiger partial charge is 0.407 e. The van der Waals surface area contributed by atoms with E-state index in [1.807, 2.05) is 6.92 Å². The Morgan fingerprint density at radius 3 is 2.19 bits per heavy atom. The van der Waals surface area contributed by atoms with Gasteiger partial charge in [-0.05, 0) is 39.5 Å². The molecule has 0 aliphatic carbocycles. The molecular formula is C16H31NO4. The number of hydrogen-bond acceptors (Lipinski definition) is 3. The lowest BCUT2D eigenvalue weighted by molar-refractivity contribution is -0.150. The highest BCUT2D eigenvalue weighted by Gasteiger charge is 2.38. The number of hydrogen-bond donors (Lipinski definition) is 2. The van der Waals surface area contributed by atoms with Gasteiger partial charge < -0.3 is 15.2 Å². The fourth-order valence-corrected chi connectivity index (χ4v) is 2.47. The number of carboxylic acid groups (broad SMARTS) is 1. The molecule has 0 aromatic rings. The molecule has 0 aliphatic heterocycles. The standard InChI is InChI=1S/C16H31NO4/c1-7-9-12(3)10-16(8-2,13(18)19)11-17-14(20)21-15(4,5)6/h12H,7-11H2,1-6H3,(H,17,20)(H,18,19). The molecule has 5 nitrogen and oxygen atoms in total. The number of amides is 1. The second-order valence-corrected chi connectivity index (χ2v) is 6.89. The molecule has 0 spiro atoms. The van der Waals surface area contributed by atoms with Crippen LogP contribution in [0.15, 0.2) is 0 Å². The van der Waals surface area contributed by atoms with E-state index in [4.69, 9.17) is 4.74 Å². The average molecular weight is 301 g/mol. The molecule has 0 saturated heterocycles. The van der Waals surface area contributed by atoms with Gasteiger partial charge in [0.05, 0.1) is 5.41 Å². The fourth-order valence-electron chi connectivity index (χ4n) is 2.47. The van der Waals surface area contributed by atoms with E-state index in [0.717, 1.165) is 12.8 Å². The third-order valence-corrected chi connectivity index (χ3v) is 3.62. The summed E-state index contributed by atoms with van der Waals surface area (Å²) in [5.74, 6) is -0.546.